The molecule has 0 spiro atoms. The van der Waals surface area contributed by atoms with Crippen LogP contribution in [0, 0.1) is 75.6 Å². The first kappa shape index (κ1) is 98.5. The molecule has 10 N–H and O–H groups in total. The second kappa shape index (κ2) is 52.0. The molecule has 0 aromatic heterocycles. The van der Waals surface area contributed by atoms with Gasteiger partial charge in [-0.2, -0.15) is 0 Å². The fourth-order valence-electron chi connectivity index (χ4n) is 15.5. The van der Waals surface area contributed by atoms with Gasteiger partial charge in [-0.3, -0.25) is 0 Å². The average molecular weight is 1740 g/mol. The van der Waals surface area contributed by atoms with E-state index in [4.69, 9.17) is 27.7 Å². The number of para-hydroxylation sites is 1. The van der Waals surface area contributed by atoms with Gasteiger partial charge in [0.1, 0.15) is 81.4 Å². The van der Waals surface area contributed by atoms with Gasteiger partial charge in [0.2, 0.25) is 0 Å². The fraction of sp³-hybridized carbons (Fsp3) is 0.215. The Bertz CT molecular complexity index is 5370. The number of nitrogens with one attached hydrogen (secondary N) is 2. The second-order valence-corrected chi connectivity index (χ2v) is 30.4. The molecule has 0 aliphatic heterocycles. The Balaban J connectivity index is 0.000000174. The normalized spacial score (nSPS) is 11.9. The zero-order valence-corrected chi connectivity index (χ0v) is 71.1. The van der Waals surface area contributed by atoms with Gasteiger partial charge in [-0.05, 0) is 278 Å². The molecule has 14 aromatic carbocycles. The molecule has 0 saturated heterocycles. The van der Waals surface area contributed by atoms with Crippen molar-refractivity contribution in [3.63, 3.8) is 0 Å². The van der Waals surface area contributed by atoms with Crippen LogP contribution in [0.5, 0.6) is 5.75 Å². The molecule has 0 aliphatic rings. The molecule has 14 aromatic rings. The lowest BCUT2D eigenvalue weighted by molar-refractivity contribution is 0.406. The van der Waals surface area contributed by atoms with E-state index in [1.807, 2.05) is 84.9 Å². The summed E-state index contributed by atoms with van der Waals surface area (Å²) in [6.45, 7) is 7.32. The van der Waals surface area contributed by atoms with Crippen molar-refractivity contribution in [2.24, 2.45) is 22.9 Å². The van der Waals surface area contributed by atoms with Crippen LogP contribution < -0.4 is 38.3 Å². The van der Waals surface area contributed by atoms with E-state index in [9.17, 15) is 57.1 Å². The summed E-state index contributed by atoms with van der Waals surface area (Å²) in [6.07, 6.45) is 4.23. The molecule has 0 saturated carbocycles. The van der Waals surface area contributed by atoms with E-state index >= 15 is 0 Å². The molecular weight excluding hydrogens is 1630 g/mol. The van der Waals surface area contributed by atoms with Gasteiger partial charge in [-0.1, -0.05) is 201 Å². The van der Waals surface area contributed by atoms with Crippen LogP contribution in [0.4, 0.5) is 57.1 Å². The second-order valence-electron chi connectivity index (χ2n) is 30.4. The first-order valence-corrected chi connectivity index (χ1v) is 42.2. The van der Waals surface area contributed by atoms with Gasteiger partial charge in [0, 0.05) is 77.9 Å². The zero-order valence-electron chi connectivity index (χ0n) is 71.1. The monoisotopic (exact) mass is 1740 g/mol. The van der Waals surface area contributed by atoms with Gasteiger partial charge in [0.25, 0.3) is 0 Å². The molecule has 4 atom stereocenters. The first-order chi connectivity index (χ1) is 61.5. The molecule has 20 heteroatoms. The summed E-state index contributed by atoms with van der Waals surface area (Å²) in [5, 5.41) is 7.11. The lowest BCUT2D eigenvalue weighted by atomic mass is 9.88. The van der Waals surface area contributed by atoms with Gasteiger partial charge in [0.15, 0.2) is 0 Å². The quantitative estimate of drug-likeness (QED) is 0.0238. The van der Waals surface area contributed by atoms with Gasteiger partial charge in [0.05, 0.1) is 7.11 Å². The molecule has 0 heterocycles. The first-order valence-electron chi connectivity index (χ1n) is 42.2. The highest BCUT2D eigenvalue weighted by Gasteiger charge is 2.24. The molecule has 4 unspecified atom stereocenters. The summed E-state index contributed by atoms with van der Waals surface area (Å²) in [5.41, 5.74) is 34.2. The molecule has 0 radical (unpaired) electrons. The Hall–Kier alpha value is -12.3. The van der Waals surface area contributed by atoms with Crippen LogP contribution in [-0.4, -0.2) is 46.4 Å². The van der Waals surface area contributed by atoms with Crippen LogP contribution in [0.1, 0.15) is 178 Å². The smallest absolute Gasteiger partial charge is 0.126 e. The van der Waals surface area contributed by atoms with E-state index in [1.54, 1.807) is 79.9 Å². The minimum Gasteiger partial charge on any atom is -0.496 e. The van der Waals surface area contributed by atoms with E-state index in [1.165, 1.54) is 107 Å². The summed E-state index contributed by atoms with van der Waals surface area (Å²) in [6, 6.07) is 93.9. The molecular formula is C107H107F13N6O. The number of benzene rings is 14. The molecule has 14 rings (SSSR count). The van der Waals surface area contributed by atoms with Crippen LogP contribution in [-0.2, 0) is 0 Å². The number of methoxy groups -OCH3 is 1. The van der Waals surface area contributed by atoms with Crippen molar-refractivity contribution in [2.45, 2.75) is 100.0 Å². The highest BCUT2D eigenvalue weighted by atomic mass is 19.2. The highest BCUT2D eigenvalue weighted by molar-refractivity contribution is 5.44. The van der Waals surface area contributed by atoms with Gasteiger partial charge in [-0.25, -0.2) is 57.1 Å². The van der Waals surface area contributed by atoms with E-state index in [0.717, 1.165) is 120 Å². The van der Waals surface area contributed by atoms with Crippen molar-refractivity contribution in [1.82, 2.24) is 10.6 Å². The minimum absolute atomic E-state index is 0.0582. The zero-order chi connectivity index (χ0) is 91.0. The number of ether oxygens (including phenoxy) is 1. The van der Waals surface area contributed by atoms with E-state index in [0.29, 0.717) is 60.6 Å². The van der Waals surface area contributed by atoms with E-state index in [-0.39, 0.29) is 83.0 Å². The molecule has 0 amide bonds. The summed E-state index contributed by atoms with van der Waals surface area (Å²) in [5.74, 6) is -6.24. The lowest BCUT2D eigenvalue weighted by Crippen LogP contribution is -2.23. The van der Waals surface area contributed by atoms with E-state index < -0.39 is 40.8 Å². The number of hydrogen-bond acceptors (Lipinski definition) is 7. The van der Waals surface area contributed by atoms with Crippen LogP contribution in [0.25, 0.3) is 0 Å². The minimum atomic E-state index is -0.737. The Labute approximate surface area is 736 Å². The standard InChI is InChI=1S/C24H25F2N.C23H23F2N.C16H19NO.C15H13F4N.C15H14F3N.C14H13F2N/c1-2-24(18-8-4-3-5-9-18)27-15-14-23(19-10-6-12-21(25)16-19)20-11-7-13-22(26)17-20;1-17(18-7-3-2-4-8-18)26-14-13-23(19-9-5-11-21(24)15-19)20-10-6-12-22(25)16-20;1-18-16-10-6-5-9-15(16)14(11-12-17)13-7-3-2-4-8-13;16-11-3-9(4-12(17)7-11)15(1-2-20)10-5-13(18)8-14(19)6-10;16-12-3-1-2-10(6-12)15(4-5-19)11-7-13(17)9-14(18)8-11;15-12-5-1-3-10(7-12)14(9-17)11-4-2-6-13(16)8-11/h3-13,16-17,23-24,27H,2,14-15H2,1H3;2-12,15-17,23,26H,13-14H2,1H3;2-10,14H,11-12,17H2,1H3;3-8,15H,1-2,20H2;1-3,6-9,15H,4-5,19H2;1-8,14H,9,17H2. The number of nitrogens with two attached hydrogens (primary N) is 4. The molecule has 0 aliphatic carbocycles. The number of halogens is 13. The summed E-state index contributed by atoms with van der Waals surface area (Å²) in [7, 11) is 1.71. The molecule has 0 fully saturated rings. The largest absolute Gasteiger partial charge is 0.496 e. The van der Waals surface area contributed by atoms with Crippen molar-refractivity contribution in [1.29, 1.82) is 0 Å². The summed E-state index contributed by atoms with van der Waals surface area (Å²) < 4.78 is 180. The number of hydrogen-bond donors (Lipinski definition) is 6. The van der Waals surface area contributed by atoms with Gasteiger partial charge >= 0.3 is 0 Å². The van der Waals surface area contributed by atoms with Crippen LogP contribution >= 0.6 is 0 Å². The van der Waals surface area contributed by atoms with Crippen LogP contribution in [0.2, 0.25) is 0 Å². The topological polar surface area (TPSA) is 137 Å². The SMILES string of the molecule is CC(NCCC(c1cccc(F)c1)c1cccc(F)c1)c1ccccc1.CCC(NCCC(c1cccc(F)c1)c1cccc(F)c1)c1ccccc1.COc1ccccc1C(CCN)c1ccccc1.NCC(c1cccc(F)c1)c1cccc(F)c1.NCCC(c1cc(F)cc(F)c1)c1cc(F)cc(F)c1.NCCC(c1cccc(F)c1)c1cc(F)cc(F)c1. The summed E-state index contributed by atoms with van der Waals surface area (Å²) in [4.78, 5) is 0. The molecule has 7 nitrogen and oxygen atoms in total. The van der Waals surface area contributed by atoms with Crippen molar-refractivity contribution < 1.29 is 61.8 Å². The third-order valence-electron chi connectivity index (χ3n) is 21.6. The Kier molecular flexibility index (Phi) is 40.3. The van der Waals surface area contributed by atoms with E-state index in [2.05, 4.69) is 79.1 Å². The molecule has 0 bridgehead atoms. The van der Waals surface area contributed by atoms with Crippen molar-refractivity contribution in [3.05, 3.63) is 493 Å². The highest BCUT2D eigenvalue weighted by Crippen LogP contribution is 2.37. The third kappa shape index (κ3) is 31.7. The third-order valence-corrected chi connectivity index (χ3v) is 21.6. The average Bonchev–Trinajstić information content (AvgIpc) is 0.709. The van der Waals surface area contributed by atoms with Crippen molar-refractivity contribution in [3.8, 4) is 5.75 Å². The predicted molar refractivity (Wildman–Crippen MR) is 484 cm³/mol. The Morgan fingerprint density at radius 3 is 0.795 bits per heavy atom. The predicted octanol–water partition coefficient (Wildman–Crippen LogP) is 25.6. The summed E-state index contributed by atoms with van der Waals surface area (Å²) >= 11 is 0. The van der Waals surface area contributed by atoms with Gasteiger partial charge < -0.3 is 38.3 Å². The van der Waals surface area contributed by atoms with Crippen LogP contribution in [0.3, 0.4) is 0 Å². The van der Waals surface area contributed by atoms with Crippen molar-refractivity contribution >= 4 is 0 Å². The molecule has 662 valence electrons. The maximum absolute atomic E-state index is 13.8. The van der Waals surface area contributed by atoms with Crippen molar-refractivity contribution in [2.75, 3.05) is 46.4 Å². The number of rotatable bonds is 31. The Morgan fingerprint density at radius 2 is 0.496 bits per heavy atom. The maximum Gasteiger partial charge on any atom is 0.126 e. The van der Waals surface area contributed by atoms with Crippen LogP contribution in [0.15, 0.2) is 340 Å². The Morgan fingerprint density at radius 1 is 0.244 bits per heavy atom. The fourth-order valence-corrected chi connectivity index (χ4v) is 15.5. The van der Waals surface area contributed by atoms with Gasteiger partial charge in [-0.15, -0.1) is 0 Å². The maximum atomic E-state index is 13.8. The molecule has 127 heavy (non-hydrogen) atoms. The lowest BCUT2D eigenvalue weighted by Gasteiger charge is -2.22.